The summed E-state index contributed by atoms with van der Waals surface area (Å²) in [6, 6.07) is 1.04. The molecule has 0 atom stereocenters. The van der Waals surface area contributed by atoms with Gasteiger partial charge >= 0.3 is 5.51 Å². The van der Waals surface area contributed by atoms with E-state index in [2.05, 4.69) is 21.2 Å². The van der Waals surface area contributed by atoms with Gasteiger partial charge in [0.1, 0.15) is 5.70 Å². The summed E-state index contributed by atoms with van der Waals surface area (Å²) in [5, 5.41) is 21.0. The summed E-state index contributed by atoms with van der Waals surface area (Å²) in [6.45, 7) is -0.813. The molecule has 0 saturated carbocycles. The van der Waals surface area contributed by atoms with E-state index >= 15 is 0 Å². The van der Waals surface area contributed by atoms with Crippen LogP contribution in [-0.4, -0.2) is 54.0 Å². The van der Waals surface area contributed by atoms with E-state index < -0.39 is 55.8 Å². The van der Waals surface area contributed by atoms with E-state index in [0.29, 0.717) is 17.0 Å². The van der Waals surface area contributed by atoms with Gasteiger partial charge in [-0.15, -0.1) is 0 Å². The fraction of sp³-hybridized carbons (Fsp3) is 0.231. The lowest BCUT2D eigenvalue weighted by atomic mass is 10.2. The number of rotatable bonds is 5. The van der Waals surface area contributed by atoms with Crippen molar-refractivity contribution in [3.05, 3.63) is 28.4 Å². The Morgan fingerprint density at radius 3 is 2.38 bits per heavy atom. The zero-order valence-corrected chi connectivity index (χ0v) is 14.9. The molecule has 0 saturated heterocycles. The molecule has 0 bridgehead atoms. The van der Waals surface area contributed by atoms with Crippen LogP contribution < -0.4 is 5.32 Å². The molecule has 0 radical (unpaired) electrons. The molecule has 1 aliphatic rings. The molecule has 1 heterocycles. The Morgan fingerprint density at radius 1 is 1.23 bits per heavy atom. The van der Waals surface area contributed by atoms with Crippen molar-refractivity contribution in [2.24, 2.45) is 0 Å². The number of carbonyl (C=O) groups is 2. The second-order valence-corrected chi connectivity index (χ2v) is 7.75. The Labute approximate surface area is 153 Å². The first-order chi connectivity index (χ1) is 11.9. The van der Waals surface area contributed by atoms with E-state index in [1.165, 1.54) is 0 Å². The molecule has 0 spiro atoms. The maximum atomic E-state index is 12.7. The third kappa shape index (κ3) is 3.54. The van der Waals surface area contributed by atoms with Crippen molar-refractivity contribution in [1.82, 2.24) is 4.90 Å². The van der Waals surface area contributed by atoms with Crippen molar-refractivity contribution < 1.29 is 41.4 Å². The molecule has 1 aromatic carbocycles. The standard InChI is InChI=1S/C13H10BrF3N2O6S/c14-7-3-6(26(24,25)13(15,16)17)4-8(11(7)22)18-9-5-10(21)19(1-2-20)12(9)23/h3-5,18,20,22H,1-2H2. The molecule has 0 fully saturated rings. The first-order valence-corrected chi connectivity index (χ1v) is 8.97. The SMILES string of the molecule is O=C1C=C(Nc2cc(S(=O)(=O)C(F)(F)F)cc(Br)c2O)C(=O)N1CCO. The summed E-state index contributed by atoms with van der Waals surface area (Å²) >= 11 is 2.73. The molecule has 0 aliphatic carbocycles. The second-order valence-electron chi connectivity index (χ2n) is 4.95. The lowest BCUT2D eigenvalue weighted by Gasteiger charge is -2.15. The number of carbonyl (C=O) groups excluding carboxylic acids is 2. The predicted molar refractivity (Wildman–Crippen MR) is 84.6 cm³/mol. The number of alkyl halides is 3. The normalized spacial score (nSPS) is 15.4. The van der Waals surface area contributed by atoms with Crippen molar-refractivity contribution in [2.45, 2.75) is 10.4 Å². The lowest BCUT2D eigenvalue weighted by Crippen LogP contribution is -2.34. The maximum absolute atomic E-state index is 12.7. The molecule has 0 unspecified atom stereocenters. The van der Waals surface area contributed by atoms with Gasteiger partial charge in [-0.3, -0.25) is 14.5 Å². The molecule has 13 heteroatoms. The highest BCUT2D eigenvalue weighted by molar-refractivity contribution is 9.10. The summed E-state index contributed by atoms with van der Waals surface area (Å²) in [4.78, 5) is 23.1. The average molecular weight is 459 g/mol. The van der Waals surface area contributed by atoms with Gasteiger partial charge in [0.15, 0.2) is 5.75 Å². The van der Waals surface area contributed by atoms with Crippen molar-refractivity contribution >= 4 is 43.3 Å². The van der Waals surface area contributed by atoms with Crippen LogP contribution in [0.4, 0.5) is 18.9 Å². The zero-order valence-electron chi connectivity index (χ0n) is 12.5. The first-order valence-electron chi connectivity index (χ1n) is 6.69. The molecule has 2 rings (SSSR count). The number of sulfone groups is 1. The fourth-order valence-corrected chi connectivity index (χ4v) is 3.44. The second kappa shape index (κ2) is 6.89. The highest BCUT2D eigenvalue weighted by Crippen LogP contribution is 2.39. The minimum atomic E-state index is -5.71. The van der Waals surface area contributed by atoms with E-state index in [1.54, 1.807) is 0 Å². The number of hydrogen-bond acceptors (Lipinski definition) is 7. The van der Waals surface area contributed by atoms with Crippen LogP contribution >= 0.6 is 15.9 Å². The number of β-amino-alcohol motifs (C(OH)–C–C–N with tert-alkyl or cyclic N) is 1. The number of aromatic hydroxyl groups is 1. The van der Waals surface area contributed by atoms with Crippen LogP contribution in [0.25, 0.3) is 0 Å². The molecule has 8 nitrogen and oxygen atoms in total. The van der Waals surface area contributed by atoms with E-state index in [-0.39, 0.29) is 11.0 Å². The van der Waals surface area contributed by atoms with Crippen LogP contribution in [-0.2, 0) is 19.4 Å². The maximum Gasteiger partial charge on any atom is 0.501 e. The van der Waals surface area contributed by atoms with Gasteiger partial charge in [0, 0.05) is 6.08 Å². The molecule has 142 valence electrons. The number of phenols is 1. The summed E-state index contributed by atoms with van der Waals surface area (Å²) in [5.41, 5.74) is -6.52. The van der Waals surface area contributed by atoms with Crippen LogP contribution in [0.3, 0.4) is 0 Å². The van der Waals surface area contributed by atoms with E-state index in [0.717, 1.165) is 6.08 Å². The Kier molecular flexibility index (Phi) is 5.35. The molecule has 26 heavy (non-hydrogen) atoms. The molecule has 3 N–H and O–H groups in total. The highest BCUT2D eigenvalue weighted by Gasteiger charge is 2.47. The summed E-state index contributed by atoms with van der Waals surface area (Å²) in [5.74, 6) is -2.36. The van der Waals surface area contributed by atoms with Crippen LogP contribution in [0.15, 0.2) is 33.3 Å². The van der Waals surface area contributed by atoms with Crippen LogP contribution in [0.5, 0.6) is 5.75 Å². The third-order valence-corrected chi connectivity index (χ3v) is 5.32. The van der Waals surface area contributed by atoms with E-state index in [4.69, 9.17) is 5.11 Å². The first kappa shape index (κ1) is 20.2. The van der Waals surface area contributed by atoms with E-state index in [9.17, 15) is 36.3 Å². The number of phenolic OH excluding ortho intramolecular Hbond substituents is 1. The van der Waals surface area contributed by atoms with Crippen LogP contribution in [0.1, 0.15) is 0 Å². The number of aliphatic hydroxyl groups is 1. The van der Waals surface area contributed by atoms with Gasteiger partial charge in [0.25, 0.3) is 21.7 Å². The lowest BCUT2D eigenvalue weighted by molar-refractivity contribution is -0.137. The predicted octanol–water partition coefficient (Wildman–Crippen LogP) is 1.11. The number of anilines is 1. The third-order valence-electron chi connectivity index (χ3n) is 3.25. The van der Waals surface area contributed by atoms with E-state index in [1.807, 2.05) is 0 Å². The molecule has 2 amide bonds. The quantitative estimate of drug-likeness (QED) is 0.445. The van der Waals surface area contributed by atoms with Crippen LogP contribution in [0, 0.1) is 0 Å². The van der Waals surface area contributed by atoms with Gasteiger partial charge in [0.2, 0.25) is 0 Å². The fourth-order valence-electron chi connectivity index (χ4n) is 2.01. The Hall–Kier alpha value is -2.12. The highest BCUT2D eigenvalue weighted by atomic mass is 79.9. The minimum Gasteiger partial charge on any atom is -0.505 e. The van der Waals surface area contributed by atoms with Crippen molar-refractivity contribution in [1.29, 1.82) is 0 Å². The van der Waals surface area contributed by atoms with Gasteiger partial charge in [-0.1, -0.05) is 0 Å². The average Bonchev–Trinajstić information content (AvgIpc) is 2.78. The van der Waals surface area contributed by atoms with Gasteiger partial charge < -0.3 is 15.5 Å². The number of hydrogen-bond donors (Lipinski definition) is 3. The zero-order chi connectivity index (χ0) is 19.9. The molecule has 1 aromatic rings. The molecule has 0 aromatic heterocycles. The molecule has 1 aliphatic heterocycles. The number of aliphatic hydroxyl groups excluding tert-OH is 1. The number of nitrogens with zero attached hydrogens (tertiary/aromatic N) is 1. The number of imide groups is 1. The topological polar surface area (TPSA) is 124 Å². The summed E-state index contributed by atoms with van der Waals surface area (Å²) in [7, 11) is -5.71. The summed E-state index contributed by atoms with van der Waals surface area (Å²) in [6.07, 6.45) is 0.802. The van der Waals surface area contributed by atoms with Crippen molar-refractivity contribution in [2.75, 3.05) is 18.5 Å². The largest absolute Gasteiger partial charge is 0.505 e. The molecular formula is C13H10BrF3N2O6S. The minimum absolute atomic E-state index is 0.308. The number of amides is 2. The smallest absolute Gasteiger partial charge is 0.501 e. The van der Waals surface area contributed by atoms with Gasteiger partial charge in [0.05, 0.1) is 28.2 Å². The monoisotopic (exact) mass is 458 g/mol. The van der Waals surface area contributed by atoms with Crippen molar-refractivity contribution in [3.8, 4) is 5.75 Å². The Balaban J connectivity index is 2.45. The number of halogens is 4. The van der Waals surface area contributed by atoms with Gasteiger partial charge in [-0.25, -0.2) is 8.42 Å². The number of nitrogens with one attached hydrogen (secondary N) is 1. The Morgan fingerprint density at radius 2 is 1.85 bits per heavy atom. The van der Waals surface area contributed by atoms with Gasteiger partial charge in [-0.05, 0) is 28.1 Å². The van der Waals surface area contributed by atoms with Crippen LogP contribution in [0.2, 0.25) is 0 Å². The van der Waals surface area contributed by atoms with Crippen molar-refractivity contribution in [3.63, 3.8) is 0 Å². The van der Waals surface area contributed by atoms with Gasteiger partial charge in [-0.2, -0.15) is 13.2 Å². The number of benzene rings is 1. The Bertz CT molecular complexity index is 913. The molecular weight excluding hydrogens is 449 g/mol. The summed E-state index contributed by atoms with van der Waals surface area (Å²) < 4.78 is 60.8.